The predicted molar refractivity (Wildman–Crippen MR) is 143 cm³/mol. The van der Waals surface area contributed by atoms with E-state index in [0.29, 0.717) is 17.1 Å². The van der Waals surface area contributed by atoms with Crippen molar-refractivity contribution in [1.29, 1.82) is 5.41 Å². The van der Waals surface area contributed by atoms with E-state index >= 15 is 0 Å². The third-order valence-corrected chi connectivity index (χ3v) is 6.17. The van der Waals surface area contributed by atoms with Crippen LogP contribution in [-0.4, -0.2) is 23.3 Å². The Hall–Kier alpha value is -3.12. The maximum absolute atomic E-state index is 8.95. The lowest BCUT2D eigenvalue weighted by atomic mass is 9.97. The number of aromatic nitrogens is 1. The first kappa shape index (κ1) is 24.5. The molecule has 1 heterocycles. The number of pyridine rings is 1. The molecule has 33 heavy (non-hydrogen) atoms. The van der Waals surface area contributed by atoms with Crippen LogP contribution in [0.5, 0.6) is 0 Å². The molecule has 3 rings (SSSR count). The Labute approximate surface area is 205 Å². The van der Waals surface area contributed by atoms with E-state index in [1.54, 1.807) is 12.4 Å². The Bertz CT molecular complexity index is 1060. The predicted octanol–water partition coefficient (Wildman–Crippen LogP) is 6.14. The van der Waals surface area contributed by atoms with Crippen LogP contribution in [-0.2, 0) is 6.42 Å². The second-order valence-corrected chi connectivity index (χ2v) is 8.93. The van der Waals surface area contributed by atoms with Crippen molar-refractivity contribution in [2.24, 2.45) is 0 Å². The summed E-state index contributed by atoms with van der Waals surface area (Å²) in [7, 11) is 0. The average molecular weight is 506 g/mol. The van der Waals surface area contributed by atoms with Gasteiger partial charge in [-0.3, -0.25) is 5.41 Å². The highest BCUT2D eigenvalue weighted by atomic mass is 79.9. The number of nitrogens with one attached hydrogen (secondary N) is 3. The minimum Gasteiger partial charge on any atom is -0.389 e. The Morgan fingerprint density at radius 3 is 2.52 bits per heavy atom. The van der Waals surface area contributed by atoms with Gasteiger partial charge in [-0.25, -0.2) is 4.98 Å². The third kappa shape index (κ3) is 6.68. The smallest absolute Gasteiger partial charge is 0.134 e. The summed E-state index contributed by atoms with van der Waals surface area (Å²) in [5.41, 5.74) is 11.3. The third-order valence-electron chi connectivity index (χ3n) is 5.57. The molecule has 0 saturated carbocycles. The monoisotopic (exact) mass is 505 g/mol. The summed E-state index contributed by atoms with van der Waals surface area (Å²) in [5, 5.41) is 15.8. The molecule has 1 unspecified atom stereocenters. The van der Waals surface area contributed by atoms with Gasteiger partial charge in [0.05, 0.1) is 21.4 Å². The van der Waals surface area contributed by atoms with Gasteiger partial charge in [0.25, 0.3) is 0 Å². The maximum Gasteiger partial charge on any atom is 0.134 e. The van der Waals surface area contributed by atoms with E-state index in [-0.39, 0.29) is 6.04 Å². The lowest BCUT2D eigenvalue weighted by Gasteiger charge is -2.23. The zero-order valence-electron chi connectivity index (χ0n) is 19.1. The minimum atomic E-state index is 0.167. The average Bonchev–Trinajstić information content (AvgIpc) is 2.83. The van der Waals surface area contributed by atoms with Crippen molar-refractivity contribution in [2.45, 2.75) is 38.6 Å². The number of nitrogens with zero attached hydrogens (tertiary/aromatic N) is 1. The highest BCUT2D eigenvalue weighted by Crippen LogP contribution is 2.32. The summed E-state index contributed by atoms with van der Waals surface area (Å²) in [6, 6.07) is 18.7. The van der Waals surface area contributed by atoms with E-state index in [0.717, 1.165) is 48.0 Å². The van der Waals surface area contributed by atoms with Crippen LogP contribution in [0.2, 0.25) is 0 Å². The Morgan fingerprint density at radius 2 is 1.85 bits per heavy atom. The molecule has 6 heteroatoms. The summed E-state index contributed by atoms with van der Waals surface area (Å²) in [6.45, 7) is 6.67. The molecule has 0 saturated heterocycles. The molecule has 0 spiro atoms. The number of nitrogen functional groups attached to an aromatic ring is 1. The van der Waals surface area contributed by atoms with Gasteiger partial charge in [0.15, 0.2) is 0 Å². The zero-order valence-corrected chi connectivity index (χ0v) is 20.7. The topological polar surface area (TPSA) is 86.8 Å². The molecule has 5 nitrogen and oxygen atoms in total. The first-order chi connectivity index (χ1) is 16.0. The molecular weight excluding hydrogens is 474 g/mol. The van der Waals surface area contributed by atoms with E-state index in [9.17, 15) is 0 Å². The van der Waals surface area contributed by atoms with Gasteiger partial charge in [-0.05, 0) is 46.1 Å². The number of nitrogens with two attached hydrogens (primary N) is 1. The highest BCUT2D eigenvalue weighted by Gasteiger charge is 2.20. The van der Waals surface area contributed by atoms with Crippen molar-refractivity contribution in [3.8, 4) is 0 Å². The standard InChI is InChI=1S/C27H32BrN5/c1-3-5-11-22(17-31-4-2)33-26-23(28)18-32-27(30)24(26)25(29)21-14-12-20(13-15-21)16-19-9-7-6-8-10-19/h4,6-10,12-15,18,22,29,31H,2-3,5,11,16-17H2,1H3,(H3,30,32,33). The largest absolute Gasteiger partial charge is 0.389 e. The normalized spacial score (nSPS) is 11.6. The number of benzene rings is 2. The number of rotatable bonds is 12. The molecule has 172 valence electrons. The number of hydrogen-bond acceptors (Lipinski definition) is 5. The molecule has 1 atom stereocenters. The van der Waals surface area contributed by atoms with Gasteiger partial charge in [0.2, 0.25) is 0 Å². The van der Waals surface area contributed by atoms with Crippen molar-refractivity contribution in [3.05, 3.63) is 100 Å². The molecule has 0 aliphatic carbocycles. The highest BCUT2D eigenvalue weighted by molar-refractivity contribution is 9.10. The second-order valence-electron chi connectivity index (χ2n) is 8.07. The Morgan fingerprint density at radius 1 is 1.15 bits per heavy atom. The lowest BCUT2D eigenvalue weighted by molar-refractivity contribution is 0.587. The second kappa shape index (κ2) is 12.2. The summed E-state index contributed by atoms with van der Waals surface area (Å²) in [6.07, 6.45) is 7.46. The van der Waals surface area contributed by atoms with Gasteiger partial charge in [0, 0.05) is 24.3 Å². The summed E-state index contributed by atoms with van der Waals surface area (Å²) >= 11 is 3.62. The van der Waals surface area contributed by atoms with Crippen molar-refractivity contribution in [3.63, 3.8) is 0 Å². The molecule has 0 amide bonds. The fraction of sp³-hybridized carbons (Fsp3) is 0.259. The fourth-order valence-corrected chi connectivity index (χ4v) is 4.18. The first-order valence-corrected chi connectivity index (χ1v) is 12.1. The van der Waals surface area contributed by atoms with E-state index in [1.807, 2.05) is 18.2 Å². The van der Waals surface area contributed by atoms with Crippen molar-refractivity contribution >= 4 is 33.1 Å². The minimum absolute atomic E-state index is 0.167. The van der Waals surface area contributed by atoms with E-state index in [1.165, 1.54) is 11.1 Å². The van der Waals surface area contributed by atoms with Gasteiger partial charge < -0.3 is 16.4 Å². The van der Waals surface area contributed by atoms with E-state index in [4.69, 9.17) is 11.1 Å². The van der Waals surface area contributed by atoms with Gasteiger partial charge >= 0.3 is 0 Å². The summed E-state index contributed by atoms with van der Waals surface area (Å²) in [5.74, 6) is 0.338. The Balaban J connectivity index is 1.86. The molecule has 1 aromatic heterocycles. The van der Waals surface area contributed by atoms with Gasteiger partial charge in [-0.2, -0.15) is 0 Å². The first-order valence-electron chi connectivity index (χ1n) is 11.3. The molecule has 0 fully saturated rings. The molecule has 0 bridgehead atoms. The van der Waals surface area contributed by atoms with Crippen LogP contribution in [0.1, 0.15) is 48.4 Å². The zero-order chi connectivity index (χ0) is 23.6. The van der Waals surface area contributed by atoms with Gasteiger partial charge in [-0.1, -0.05) is 80.9 Å². The van der Waals surface area contributed by atoms with Crippen LogP contribution in [0, 0.1) is 5.41 Å². The molecule has 0 radical (unpaired) electrons. The molecular formula is C27H32BrN5. The molecule has 0 aliphatic rings. The van der Waals surface area contributed by atoms with Crippen LogP contribution < -0.4 is 16.4 Å². The fourth-order valence-electron chi connectivity index (χ4n) is 3.77. The van der Waals surface area contributed by atoms with Crippen LogP contribution >= 0.6 is 15.9 Å². The number of halogens is 1. The van der Waals surface area contributed by atoms with Crippen LogP contribution in [0.25, 0.3) is 0 Å². The lowest BCUT2D eigenvalue weighted by Crippen LogP contribution is -2.31. The number of unbranched alkanes of at least 4 members (excludes halogenated alkanes) is 1. The van der Waals surface area contributed by atoms with Crippen LogP contribution in [0.15, 0.2) is 78.0 Å². The maximum atomic E-state index is 8.95. The molecule has 2 aromatic carbocycles. The van der Waals surface area contributed by atoms with E-state index in [2.05, 4.69) is 81.4 Å². The Kier molecular flexibility index (Phi) is 9.07. The SMILES string of the molecule is C=CNCC(CCCC)Nc1c(Br)cnc(N)c1C(=N)c1ccc(Cc2ccccc2)cc1. The number of hydrogen-bond donors (Lipinski definition) is 4. The van der Waals surface area contributed by atoms with E-state index < -0.39 is 0 Å². The quantitative estimate of drug-likeness (QED) is 0.222. The molecule has 5 N–H and O–H groups in total. The van der Waals surface area contributed by atoms with Crippen molar-refractivity contribution in [2.75, 3.05) is 17.6 Å². The van der Waals surface area contributed by atoms with Crippen LogP contribution in [0.4, 0.5) is 11.5 Å². The molecule has 3 aromatic rings. The summed E-state index contributed by atoms with van der Waals surface area (Å²) in [4.78, 5) is 4.31. The summed E-state index contributed by atoms with van der Waals surface area (Å²) < 4.78 is 0.789. The molecule has 0 aliphatic heterocycles. The van der Waals surface area contributed by atoms with Crippen molar-refractivity contribution in [1.82, 2.24) is 10.3 Å². The van der Waals surface area contributed by atoms with Crippen molar-refractivity contribution < 1.29 is 0 Å². The van der Waals surface area contributed by atoms with Gasteiger partial charge in [-0.15, -0.1) is 0 Å². The van der Waals surface area contributed by atoms with Gasteiger partial charge in [0.1, 0.15) is 5.82 Å². The number of anilines is 2. The van der Waals surface area contributed by atoms with Crippen LogP contribution in [0.3, 0.4) is 0 Å².